The van der Waals surface area contributed by atoms with Crippen molar-refractivity contribution in [2.24, 2.45) is 0 Å². The zero-order valence-corrected chi connectivity index (χ0v) is 19.4. The third-order valence-electron chi connectivity index (χ3n) is 4.70. The van der Waals surface area contributed by atoms with Crippen LogP contribution in [0.15, 0.2) is 17.0 Å². The van der Waals surface area contributed by atoms with E-state index in [2.05, 4.69) is 6.92 Å². The SMILES string of the molecule is CCCCCCCCCCCCc1cc(C)c(S(=O)(=O)[O-])cc1C.[Na+]. The molecule has 0 N–H and O–H groups in total. The van der Waals surface area contributed by atoms with Gasteiger partial charge in [0.1, 0.15) is 10.1 Å². The van der Waals surface area contributed by atoms with E-state index in [1.807, 2.05) is 13.0 Å². The van der Waals surface area contributed by atoms with Crippen LogP contribution < -0.4 is 29.6 Å². The smallest absolute Gasteiger partial charge is 0.744 e. The van der Waals surface area contributed by atoms with Crippen LogP contribution >= 0.6 is 0 Å². The fourth-order valence-corrected chi connectivity index (χ4v) is 3.97. The van der Waals surface area contributed by atoms with Gasteiger partial charge in [0.05, 0.1) is 4.90 Å². The molecular weight excluding hydrogens is 343 g/mol. The van der Waals surface area contributed by atoms with Crippen LogP contribution in [-0.4, -0.2) is 13.0 Å². The Labute approximate surface area is 177 Å². The first-order valence-electron chi connectivity index (χ1n) is 9.42. The first-order chi connectivity index (χ1) is 11.4. The van der Waals surface area contributed by atoms with Crippen LogP contribution in [-0.2, 0) is 16.5 Å². The maximum Gasteiger partial charge on any atom is 1.00 e. The van der Waals surface area contributed by atoms with Crippen molar-refractivity contribution in [3.63, 3.8) is 0 Å². The predicted octanol–water partition coefficient (Wildman–Crippen LogP) is 2.67. The van der Waals surface area contributed by atoms with Gasteiger partial charge in [0.15, 0.2) is 0 Å². The van der Waals surface area contributed by atoms with Gasteiger partial charge in [-0.1, -0.05) is 70.8 Å². The molecule has 0 aliphatic carbocycles. The molecule has 1 aromatic rings. The number of unbranched alkanes of at least 4 members (excludes halogenated alkanes) is 9. The summed E-state index contributed by atoms with van der Waals surface area (Å²) < 4.78 is 33.6. The van der Waals surface area contributed by atoms with E-state index in [9.17, 15) is 13.0 Å². The van der Waals surface area contributed by atoms with Crippen LogP contribution in [0.2, 0.25) is 0 Å². The Balaban J connectivity index is 0.00000576. The molecule has 0 unspecified atom stereocenters. The van der Waals surface area contributed by atoms with Crippen molar-refractivity contribution in [2.45, 2.75) is 96.3 Å². The van der Waals surface area contributed by atoms with Crippen molar-refractivity contribution in [1.82, 2.24) is 0 Å². The summed E-state index contributed by atoms with van der Waals surface area (Å²) in [6.45, 7) is 5.84. The molecule has 0 aliphatic heterocycles. The van der Waals surface area contributed by atoms with Crippen LogP contribution in [0, 0.1) is 13.8 Å². The van der Waals surface area contributed by atoms with E-state index in [1.165, 1.54) is 69.4 Å². The van der Waals surface area contributed by atoms with Gasteiger partial charge < -0.3 is 4.55 Å². The maximum atomic E-state index is 11.2. The fraction of sp³-hybridized carbons (Fsp3) is 0.700. The number of benzene rings is 1. The third kappa shape index (κ3) is 10.1. The van der Waals surface area contributed by atoms with Crippen LogP contribution in [0.3, 0.4) is 0 Å². The van der Waals surface area contributed by atoms with Gasteiger partial charge in [-0.3, -0.25) is 0 Å². The Morgan fingerprint density at radius 2 is 1.28 bits per heavy atom. The summed E-state index contributed by atoms with van der Waals surface area (Å²) in [5.74, 6) is 0. The quantitative estimate of drug-likeness (QED) is 0.320. The van der Waals surface area contributed by atoms with Crippen LogP contribution in [0.25, 0.3) is 0 Å². The van der Waals surface area contributed by atoms with Gasteiger partial charge in [0.2, 0.25) is 0 Å². The molecular formula is C20H33NaO3S. The molecule has 0 fully saturated rings. The molecule has 0 aliphatic rings. The second-order valence-corrected chi connectivity index (χ2v) is 8.28. The Hall–Kier alpha value is 0.130. The average Bonchev–Trinajstić information content (AvgIpc) is 2.51. The minimum absolute atomic E-state index is 0. The molecule has 1 rings (SSSR count). The van der Waals surface area contributed by atoms with E-state index in [0.717, 1.165) is 18.4 Å². The molecule has 138 valence electrons. The van der Waals surface area contributed by atoms with Gasteiger partial charge in [-0.25, -0.2) is 8.42 Å². The molecule has 0 saturated carbocycles. The van der Waals surface area contributed by atoms with E-state index in [1.54, 1.807) is 6.92 Å². The number of hydrogen-bond donors (Lipinski definition) is 0. The summed E-state index contributed by atoms with van der Waals surface area (Å²) in [6, 6.07) is 3.40. The molecule has 0 heterocycles. The van der Waals surface area contributed by atoms with Crippen molar-refractivity contribution in [1.29, 1.82) is 0 Å². The molecule has 0 amide bonds. The predicted molar refractivity (Wildman–Crippen MR) is 99.4 cm³/mol. The minimum atomic E-state index is -4.37. The Morgan fingerprint density at radius 1 is 0.800 bits per heavy atom. The first kappa shape index (κ1) is 25.1. The molecule has 5 heteroatoms. The number of rotatable bonds is 12. The van der Waals surface area contributed by atoms with Gasteiger partial charge in [0.25, 0.3) is 0 Å². The monoisotopic (exact) mass is 376 g/mol. The standard InChI is InChI=1S/C20H34O3S.Na/c1-4-5-6-7-8-9-10-11-12-13-14-19-15-18(3)20(16-17(19)2)24(21,22)23;/h15-16H,4-14H2,1-3H3,(H,21,22,23);/q;+1/p-1. The summed E-state index contributed by atoms with van der Waals surface area (Å²) in [5, 5.41) is 0. The van der Waals surface area contributed by atoms with Crippen molar-refractivity contribution in [2.75, 3.05) is 0 Å². The van der Waals surface area contributed by atoms with Crippen molar-refractivity contribution in [3.05, 3.63) is 28.8 Å². The molecule has 0 spiro atoms. The molecule has 0 aromatic heterocycles. The maximum absolute atomic E-state index is 11.2. The average molecular weight is 377 g/mol. The van der Waals surface area contributed by atoms with Crippen molar-refractivity contribution < 1.29 is 42.5 Å². The van der Waals surface area contributed by atoms with Gasteiger partial charge in [-0.05, 0) is 49.4 Å². The van der Waals surface area contributed by atoms with Crippen LogP contribution in [0.5, 0.6) is 0 Å². The summed E-state index contributed by atoms with van der Waals surface area (Å²) >= 11 is 0. The Bertz CT molecular complexity index is 597. The molecule has 0 bridgehead atoms. The van der Waals surface area contributed by atoms with E-state index in [-0.39, 0.29) is 34.5 Å². The van der Waals surface area contributed by atoms with E-state index in [0.29, 0.717) is 5.56 Å². The van der Waals surface area contributed by atoms with Gasteiger partial charge >= 0.3 is 29.6 Å². The zero-order valence-electron chi connectivity index (χ0n) is 16.6. The molecule has 3 nitrogen and oxygen atoms in total. The second kappa shape index (κ2) is 13.3. The largest absolute Gasteiger partial charge is 1.00 e. The topological polar surface area (TPSA) is 57.2 Å². The Kier molecular flexibility index (Phi) is 13.4. The molecule has 0 atom stereocenters. The normalized spacial score (nSPS) is 11.4. The summed E-state index contributed by atoms with van der Waals surface area (Å²) in [4.78, 5) is -0.0770. The van der Waals surface area contributed by atoms with Crippen LogP contribution in [0.1, 0.15) is 87.8 Å². The van der Waals surface area contributed by atoms with E-state index < -0.39 is 10.1 Å². The summed E-state index contributed by atoms with van der Waals surface area (Å²) in [6.07, 6.45) is 14.0. The van der Waals surface area contributed by atoms with E-state index in [4.69, 9.17) is 0 Å². The summed E-state index contributed by atoms with van der Waals surface area (Å²) in [7, 11) is -4.37. The molecule has 0 saturated heterocycles. The third-order valence-corrected chi connectivity index (χ3v) is 5.68. The van der Waals surface area contributed by atoms with Crippen molar-refractivity contribution in [3.8, 4) is 0 Å². The minimum Gasteiger partial charge on any atom is -0.744 e. The summed E-state index contributed by atoms with van der Waals surface area (Å²) in [5.41, 5.74) is 2.64. The number of hydrogen-bond acceptors (Lipinski definition) is 3. The molecule has 1 aromatic carbocycles. The Morgan fingerprint density at radius 3 is 1.76 bits per heavy atom. The fourth-order valence-electron chi connectivity index (χ4n) is 3.19. The number of aryl methyl sites for hydroxylation is 3. The van der Waals surface area contributed by atoms with Gasteiger partial charge in [0, 0.05) is 0 Å². The van der Waals surface area contributed by atoms with E-state index >= 15 is 0 Å². The second-order valence-electron chi connectivity index (χ2n) is 6.93. The van der Waals surface area contributed by atoms with Crippen molar-refractivity contribution >= 4 is 10.1 Å². The van der Waals surface area contributed by atoms with Gasteiger partial charge in [-0.2, -0.15) is 0 Å². The molecule has 0 radical (unpaired) electrons. The van der Waals surface area contributed by atoms with Gasteiger partial charge in [-0.15, -0.1) is 0 Å². The van der Waals surface area contributed by atoms with Crippen LogP contribution in [0.4, 0.5) is 0 Å². The zero-order chi connectivity index (χ0) is 18.0. The first-order valence-corrected chi connectivity index (χ1v) is 10.8. The molecule has 25 heavy (non-hydrogen) atoms.